The molecule has 0 heterocycles. The summed E-state index contributed by atoms with van der Waals surface area (Å²) in [6.07, 6.45) is 11.9. The van der Waals surface area contributed by atoms with Gasteiger partial charge in [-0.2, -0.15) is 0 Å². The molecule has 5 saturated carbocycles. The SMILES string of the molecule is CC1C2CC3(C(=S)N[C@H]4CC[C@H](CN)CC4)CC4(c5ccccc5)CC1C4(C2)C3. The van der Waals surface area contributed by atoms with Gasteiger partial charge < -0.3 is 11.1 Å². The average molecular weight is 409 g/mol. The monoisotopic (exact) mass is 408 g/mol. The fourth-order valence-corrected chi connectivity index (χ4v) is 9.58. The second kappa shape index (κ2) is 6.29. The number of rotatable bonds is 4. The third kappa shape index (κ3) is 2.35. The van der Waals surface area contributed by atoms with E-state index >= 15 is 0 Å². The van der Waals surface area contributed by atoms with Crippen LogP contribution in [0.2, 0.25) is 0 Å². The van der Waals surface area contributed by atoms with Crippen molar-refractivity contribution >= 4 is 17.2 Å². The molecule has 156 valence electrons. The Morgan fingerprint density at radius 3 is 2.55 bits per heavy atom. The van der Waals surface area contributed by atoms with E-state index in [1.807, 2.05) is 0 Å². The van der Waals surface area contributed by atoms with Crippen molar-refractivity contribution in [2.75, 3.05) is 6.54 Å². The molecule has 1 aromatic rings. The Kier molecular flexibility index (Phi) is 4.08. The largest absolute Gasteiger partial charge is 0.376 e. The summed E-state index contributed by atoms with van der Waals surface area (Å²) in [5, 5.41) is 3.93. The van der Waals surface area contributed by atoms with Crippen LogP contribution in [0.5, 0.6) is 0 Å². The first-order chi connectivity index (χ1) is 14.0. The molecule has 0 aromatic heterocycles. The van der Waals surface area contributed by atoms with Crippen LogP contribution in [-0.2, 0) is 5.41 Å². The van der Waals surface area contributed by atoms with Gasteiger partial charge >= 0.3 is 0 Å². The minimum atomic E-state index is 0.248. The van der Waals surface area contributed by atoms with Crippen molar-refractivity contribution in [1.82, 2.24) is 5.32 Å². The van der Waals surface area contributed by atoms with E-state index in [1.54, 1.807) is 5.56 Å². The first-order valence-corrected chi connectivity index (χ1v) is 12.5. The van der Waals surface area contributed by atoms with E-state index in [2.05, 4.69) is 42.6 Å². The average Bonchev–Trinajstić information content (AvgIpc) is 3.01. The van der Waals surface area contributed by atoms with Crippen molar-refractivity contribution in [2.24, 2.45) is 40.2 Å². The summed E-state index contributed by atoms with van der Waals surface area (Å²) in [6, 6.07) is 12.1. The summed E-state index contributed by atoms with van der Waals surface area (Å²) in [6.45, 7) is 3.40. The van der Waals surface area contributed by atoms with Gasteiger partial charge in [0.05, 0.1) is 4.99 Å². The molecule has 5 aliphatic carbocycles. The maximum absolute atomic E-state index is 6.25. The lowest BCUT2D eigenvalue weighted by Gasteiger charge is -2.60. The van der Waals surface area contributed by atoms with Crippen LogP contribution in [0.3, 0.4) is 0 Å². The number of fused-ring (bicyclic) bond motifs is 2. The number of nitrogens with two attached hydrogens (primary N) is 1. The number of thiocarbonyl (C=S) groups is 1. The summed E-state index contributed by atoms with van der Waals surface area (Å²) in [5.74, 6) is 3.43. The molecule has 0 aliphatic heterocycles. The highest BCUT2D eigenvalue weighted by molar-refractivity contribution is 7.80. The van der Waals surface area contributed by atoms with Crippen LogP contribution in [0.15, 0.2) is 30.3 Å². The molecule has 6 atom stereocenters. The normalized spacial score (nSPS) is 49.5. The van der Waals surface area contributed by atoms with Crippen LogP contribution in [0, 0.1) is 34.5 Å². The Balaban J connectivity index is 1.30. The van der Waals surface area contributed by atoms with Crippen LogP contribution in [0.25, 0.3) is 0 Å². The molecule has 2 nitrogen and oxygen atoms in total. The molecule has 1 aromatic carbocycles. The van der Waals surface area contributed by atoms with Crippen LogP contribution in [-0.4, -0.2) is 17.6 Å². The molecule has 6 rings (SSSR count). The summed E-state index contributed by atoms with van der Waals surface area (Å²) in [4.78, 5) is 1.23. The molecule has 5 aliphatic rings. The molecule has 0 saturated heterocycles. The quantitative estimate of drug-likeness (QED) is 0.672. The minimum Gasteiger partial charge on any atom is -0.376 e. The van der Waals surface area contributed by atoms with Gasteiger partial charge in [0.25, 0.3) is 0 Å². The smallest absolute Gasteiger partial charge is 0.0818 e. The van der Waals surface area contributed by atoms with E-state index in [4.69, 9.17) is 18.0 Å². The van der Waals surface area contributed by atoms with Gasteiger partial charge in [-0.25, -0.2) is 0 Å². The fraction of sp³-hybridized carbons (Fsp3) is 0.731. The van der Waals surface area contributed by atoms with Crippen LogP contribution in [0.4, 0.5) is 0 Å². The minimum absolute atomic E-state index is 0.248. The van der Waals surface area contributed by atoms with Gasteiger partial charge in [-0.05, 0) is 99.0 Å². The Bertz CT molecular complexity index is 815. The van der Waals surface area contributed by atoms with Crippen LogP contribution in [0.1, 0.15) is 70.3 Å². The van der Waals surface area contributed by atoms with Crippen molar-refractivity contribution in [3.63, 3.8) is 0 Å². The van der Waals surface area contributed by atoms with Gasteiger partial charge in [-0.15, -0.1) is 0 Å². The molecule has 5 fully saturated rings. The van der Waals surface area contributed by atoms with Crippen molar-refractivity contribution in [3.8, 4) is 0 Å². The van der Waals surface area contributed by atoms with E-state index in [-0.39, 0.29) is 5.41 Å². The third-order valence-electron chi connectivity index (χ3n) is 10.5. The first-order valence-electron chi connectivity index (χ1n) is 12.1. The van der Waals surface area contributed by atoms with E-state index in [1.165, 1.54) is 62.8 Å². The fourth-order valence-electron chi connectivity index (χ4n) is 9.18. The first kappa shape index (κ1) is 18.8. The number of hydrogen-bond acceptors (Lipinski definition) is 2. The predicted molar refractivity (Wildman–Crippen MR) is 123 cm³/mol. The zero-order chi connectivity index (χ0) is 19.9. The molecular weight excluding hydrogens is 372 g/mol. The maximum Gasteiger partial charge on any atom is 0.0818 e. The summed E-state index contributed by atoms with van der Waals surface area (Å²) in [7, 11) is 0. The standard InChI is InChI=1S/C26H36N2S/c1-17-19-11-24(23(29)28-21-9-7-18(14-27)8-10-21)15-25(20-5-3-2-4-6-20)13-22(17)26(25,12-19)16-24/h2-6,17-19,21-22H,7-16,27H2,1H3,(H,28,29)/t17?,18-,19?,21-,22?,24?,25?,26?. The number of hydrogen-bond donors (Lipinski definition) is 2. The number of nitrogens with one attached hydrogen (secondary N) is 1. The highest BCUT2D eigenvalue weighted by atomic mass is 32.1. The lowest BCUT2D eigenvalue weighted by Crippen LogP contribution is -2.56. The van der Waals surface area contributed by atoms with Crippen molar-refractivity contribution in [2.45, 2.75) is 76.2 Å². The summed E-state index contributed by atoms with van der Waals surface area (Å²) >= 11 is 6.25. The van der Waals surface area contributed by atoms with E-state index in [0.29, 0.717) is 16.9 Å². The van der Waals surface area contributed by atoms with Gasteiger partial charge in [0, 0.05) is 16.9 Å². The molecule has 3 heteroatoms. The second-order valence-electron chi connectivity index (χ2n) is 11.5. The van der Waals surface area contributed by atoms with Gasteiger partial charge in [0.1, 0.15) is 0 Å². The van der Waals surface area contributed by atoms with Crippen molar-refractivity contribution < 1.29 is 0 Å². The lowest BCUT2D eigenvalue weighted by atomic mass is 9.43. The molecule has 29 heavy (non-hydrogen) atoms. The Morgan fingerprint density at radius 2 is 1.83 bits per heavy atom. The maximum atomic E-state index is 6.25. The third-order valence-corrected chi connectivity index (χ3v) is 11.1. The summed E-state index contributed by atoms with van der Waals surface area (Å²) < 4.78 is 0. The lowest BCUT2D eigenvalue weighted by molar-refractivity contribution is -0.0496. The number of benzene rings is 1. The second-order valence-corrected chi connectivity index (χ2v) is 11.9. The topological polar surface area (TPSA) is 38.0 Å². The van der Waals surface area contributed by atoms with E-state index in [0.717, 1.165) is 30.2 Å². The van der Waals surface area contributed by atoms with Crippen molar-refractivity contribution in [3.05, 3.63) is 35.9 Å². The Labute approximate surface area is 181 Å². The van der Waals surface area contributed by atoms with Gasteiger partial charge in [0.2, 0.25) is 0 Å². The van der Waals surface area contributed by atoms with Gasteiger partial charge in [-0.3, -0.25) is 0 Å². The molecular formula is C26H36N2S. The molecule has 0 radical (unpaired) electrons. The highest BCUT2D eigenvalue weighted by Gasteiger charge is 2.80. The molecule has 1 spiro atoms. The zero-order valence-electron chi connectivity index (χ0n) is 17.8. The Hall–Kier alpha value is -0.930. The Morgan fingerprint density at radius 1 is 1.07 bits per heavy atom. The van der Waals surface area contributed by atoms with E-state index < -0.39 is 0 Å². The molecule has 3 bridgehead atoms. The van der Waals surface area contributed by atoms with Crippen LogP contribution < -0.4 is 11.1 Å². The van der Waals surface area contributed by atoms with Crippen molar-refractivity contribution in [1.29, 1.82) is 0 Å². The van der Waals surface area contributed by atoms with Crippen LogP contribution >= 0.6 is 12.2 Å². The molecule has 0 amide bonds. The molecule has 3 N–H and O–H groups in total. The zero-order valence-corrected chi connectivity index (χ0v) is 18.6. The van der Waals surface area contributed by atoms with Gasteiger partial charge in [-0.1, -0.05) is 49.5 Å². The summed E-state index contributed by atoms with van der Waals surface area (Å²) in [5.41, 5.74) is 8.68. The van der Waals surface area contributed by atoms with E-state index in [9.17, 15) is 0 Å². The van der Waals surface area contributed by atoms with Gasteiger partial charge in [0.15, 0.2) is 0 Å². The predicted octanol–water partition coefficient (Wildman–Crippen LogP) is 5.21. The highest BCUT2D eigenvalue weighted by Crippen LogP contribution is 2.85. The molecule has 6 unspecified atom stereocenters.